The standard InChI is InChI=1S/C21H24N4O3/c1-14(2)12-19(26)22-16-8-10-17(11-9-16)25-20(23-21(24-25)28-4)15-6-5-7-18(13-15)27-3/h5-11,13-14H,12H2,1-4H3,(H,22,26). The monoisotopic (exact) mass is 380 g/mol. The van der Waals surface area contributed by atoms with Gasteiger partial charge in [-0.3, -0.25) is 4.79 Å². The van der Waals surface area contributed by atoms with E-state index in [1.54, 1.807) is 11.8 Å². The van der Waals surface area contributed by atoms with Gasteiger partial charge in [-0.2, -0.15) is 4.98 Å². The van der Waals surface area contributed by atoms with Gasteiger partial charge in [-0.1, -0.05) is 26.0 Å². The Labute approximate surface area is 164 Å². The van der Waals surface area contributed by atoms with E-state index in [0.717, 1.165) is 22.7 Å². The molecule has 0 atom stereocenters. The highest BCUT2D eigenvalue weighted by atomic mass is 16.5. The molecule has 1 aromatic heterocycles. The van der Waals surface area contributed by atoms with Crippen LogP contribution in [0.2, 0.25) is 0 Å². The molecule has 0 fully saturated rings. The average Bonchev–Trinajstić information content (AvgIpc) is 3.12. The maximum absolute atomic E-state index is 12.0. The minimum Gasteiger partial charge on any atom is -0.497 e. The number of nitrogens with zero attached hydrogens (tertiary/aromatic N) is 3. The van der Waals surface area contributed by atoms with Gasteiger partial charge in [0.05, 0.1) is 19.9 Å². The van der Waals surface area contributed by atoms with E-state index >= 15 is 0 Å². The first-order chi connectivity index (χ1) is 13.5. The number of hydrogen-bond donors (Lipinski definition) is 1. The normalized spacial score (nSPS) is 10.8. The topological polar surface area (TPSA) is 78.3 Å². The van der Waals surface area contributed by atoms with Crippen LogP contribution in [-0.2, 0) is 4.79 Å². The number of ether oxygens (including phenoxy) is 2. The van der Waals surface area contributed by atoms with E-state index in [0.29, 0.717) is 18.2 Å². The summed E-state index contributed by atoms with van der Waals surface area (Å²) < 4.78 is 12.2. The summed E-state index contributed by atoms with van der Waals surface area (Å²) >= 11 is 0. The van der Waals surface area contributed by atoms with Crippen LogP contribution in [0.4, 0.5) is 5.69 Å². The zero-order valence-corrected chi connectivity index (χ0v) is 16.5. The molecule has 28 heavy (non-hydrogen) atoms. The molecule has 0 spiro atoms. The van der Waals surface area contributed by atoms with Crippen molar-refractivity contribution in [1.29, 1.82) is 0 Å². The third-order valence-electron chi connectivity index (χ3n) is 4.09. The van der Waals surface area contributed by atoms with E-state index in [4.69, 9.17) is 9.47 Å². The van der Waals surface area contributed by atoms with Crippen LogP contribution in [0.15, 0.2) is 48.5 Å². The van der Waals surface area contributed by atoms with Gasteiger partial charge < -0.3 is 14.8 Å². The van der Waals surface area contributed by atoms with Crippen molar-refractivity contribution in [3.05, 3.63) is 48.5 Å². The highest BCUT2D eigenvalue weighted by Gasteiger charge is 2.15. The first-order valence-corrected chi connectivity index (χ1v) is 9.06. The summed E-state index contributed by atoms with van der Waals surface area (Å²) in [5.74, 6) is 1.68. The van der Waals surface area contributed by atoms with Crippen LogP contribution < -0.4 is 14.8 Å². The number of carbonyl (C=O) groups is 1. The molecule has 0 saturated carbocycles. The molecule has 1 amide bonds. The number of hydrogen-bond acceptors (Lipinski definition) is 5. The fraction of sp³-hybridized carbons (Fsp3) is 0.286. The molecule has 0 aliphatic carbocycles. The lowest BCUT2D eigenvalue weighted by atomic mass is 10.1. The Morgan fingerprint density at radius 3 is 2.50 bits per heavy atom. The van der Waals surface area contributed by atoms with Gasteiger partial charge in [0, 0.05) is 17.7 Å². The zero-order chi connectivity index (χ0) is 20.1. The van der Waals surface area contributed by atoms with Crippen LogP contribution in [0, 0.1) is 5.92 Å². The molecule has 0 bridgehead atoms. The SMILES string of the molecule is COc1cccc(-c2nc(OC)nn2-c2ccc(NC(=O)CC(C)C)cc2)c1. The molecule has 7 heteroatoms. The van der Waals surface area contributed by atoms with Crippen LogP contribution in [0.25, 0.3) is 17.1 Å². The number of rotatable bonds is 7. The van der Waals surface area contributed by atoms with Gasteiger partial charge in [0.1, 0.15) is 5.75 Å². The minimum atomic E-state index is 0.00208. The Hall–Kier alpha value is -3.35. The number of anilines is 1. The van der Waals surface area contributed by atoms with Gasteiger partial charge in [0.25, 0.3) is 0 Å². The van der Waals surface area contributed by atoms with Crippen molar-refractivity contribution < 1.29 is 14.3 Å². The molecule has 0 saturated heterocycles. The lowest BCUT2D eigenvalue weighted by Gasteiger charge is -2.10. The fourth-order valence-corrected chi connectivity index (χ4v) is 2.78. The predicted molar refractivity (Wildman–Crippen MR) is 108 cm³/mol. The van der Waals surface area contributed by atoms with Gasteiger partial charge in [0.2, 0.25) is 5.91 Å². The summed E-state index contributed by atoms with van der Waals surface area (Å²) in [6.07, 6.45) is 0.488. The lowest BCUT2D eigenvalue weighted by Crippen LogP contribution is -2.13. The Morgan fingerprint density at radius 1 is 1.11 bits per heavy atom. The van der Waals surface area contributed by atoms with Gasteiger partial charge in [-0.15, -0.1) is 5.10 Å². The number of amides is 1. The second-order valence-electron chi connectivity index (χ2n) is 6.76. The number of aromatic nitrogens is 3. The number of methoxy groups -OCH3 is 2. The predicted octanol–water partition coefficient (Wildman–Crippen LogP) is 3.94. The highest BCUT2D eigenvalue weighted by Crippen LogP contribution is 2.27. The molecule has 0 aliphatic heterocycles. The van der Waals surface area contributed by atoms with E-state index in [2.05, 4.69) is 15.4 Å². The molecule has 3 rings (SSSR count). The van der Waals surface area contributed by atoms with Crippen molar-refractivity contribution in [2.45, 2.75) is 20.3 Å². The fourth-order valence-electron chi connectivity index (χ4n) is 2.78. The van der Waals surface area contributed by atoms with Crippen molar-refractivity contribution in [2.75, 3.05) is 19.5 Å². The maximum Gasteiger partial charge on any atom is 0.336 e. The van der Waals surface area contributed by atoms with E-state index in [1.807, 2.05) is 62.4 Å². The maximum atomic E-state index is 12.0. The highest BCUT2D eigenvalue weighted by molar-refractivity contribution is 5.90. The van der Waals surface area contributed by atoms with Gasteiger partial charge in [-0.25, -0.2) is 4.68 Å². The average molecular weight is 380 g/mol. The van der Waals surface area contributed by atoms with Crippen molar-refractivity contribution >= 4 is 11.6 Å². The molecular formula is C21H24N4O3. The largest absolute Gasteiger partial charge is 0.497 e. The quantitative estimate of drug-likeness (QED) is 0.672. The second kappa shape index (κ2) is 8.56. The minimum absolute atomic E-state index is 0.00208. The molecule has 3 aromatic rings. The van der Waals surface area contributed by atoms with Crippen LogP contribution in [-0.4, -0.2) is 34.9 Å². The molecular weight excluding hydrogens is 356 g/mol. The smallest absolute Gasteiger partial charge is 0.336 e. The summed E-state index contributed by atoms with van der Waals surface area (Å²) in [5, 5.41) is 7.32. The van der Waals surface area contributed by atoms with Crippen molar-refractivity contribution in [3.8, 4) is 28.8 Å². The van der Waals surface area contributed by atoms with E-state index in [1.165, 1.54) is 7.11 Å². The molecule has 1 N–H and O–H groups in total. The summed E-state index contributed by atoms with van der Waals surface area (Å²) in [7, 11) is 3.15. The third-order valence-corrected chi connectivity index (χ3v) is 4.09. The Kier molecular flexibility index (Phi) is 5.93. The van der Waals surface area contributed by atoms with Crippen molar-refractivity contribution in [2.24, 2.45) is 5.92 Å². The molecule has 146 valence electrons. The molecule has 0 radical (unpaired) electrons. The summed E-state index contributed by atoms with van der Waals surface area (Å²) in [6, 6.07) is 15.3. The first kappa shape index (κ1) is 19.4. The number of benzene rings is 2. The lowest BCUT2D eigenvalue weighted by molar-refractivity contribution is -0.116. The second-order valence-corrected chi connectivity index (χ2v) is 6.76. The Morgan fingerprint density at radius 2 is 1.86 bits per heavy atom. The van der Waals surface area contributed by atoms with Crippen LogP contribution in [0.5, 0.6) is 11.8 Å². The Bertz CT molecular complexity index is 949. The van der Waals surface area contributed by atoms with Crippen LogP contribution in [0.3, 0.4) is 0 Å². The van der Waals surface area contributed by atoms with Crippen molar-refractivity contribution in [3.63, 3.8) is 0 Å². The van der Waals surface area contributed by atoms with E-state index in [9.17, 15) is 4.79 Å². The third kappa shape index (κ3) is 4.49. The zero-order valence-electron chi connectivity index (χ0n) is 16.5. The summed E-state index contributed by atoms with van der Waals surface area (Å²) in [4.78, 5) is 16.4. The van der Waals surface area contributed by atoms with Crippen LogP contribution in [0.1, 0.15) is 20.3 Å². The van der Waals surface area contributed by atoms with Crippen LogP contribution >= 0.6 is 0 Å². The van der Waals surface area contributed by atoms with E-state index < -0.39 is 0 Å². The Balaban J connectivity index is 1.91. The van der Waals surface area contributed by atoms with Crippen molar-refractivity contribution in [1.82, 2.24) is 14.8 Å². The molecule has 7 nitrogen and oxygen atoms in total. The first-order valence-electron chi connectivity index (χ1n) is 9.06. The van der Waals surface area contributed by atoms with E-state index in [-0.39, 0.29) is 11.9 Å². The number of carbonyl (C=O) groups excluding carboxylic acids is 1. The molecule has 0 aliphatic rings. The molecule has 2 aromatic carbocycles. The molecule has 1 heterocycles. The number of nitrogens with one attached hydrogen (secondary N) is 1. The van der Waals surface area contributed by atoms with Gasteiger partial charge >= 0.3 is 6.01 Å². The summed E-state index contributed by atoms with van der Waals surface area (Å²) in [5.41, 5.74) is 2.39. The summed E-state index contributed by atoms with van der Waals surface area (Å²) in [6.45, 7) is 4.03. The molecule has 0 unspecified atom stereocenters. The van der Waals surface area contributed by atoms with Gasteiger partial charge in [-0.05, 0) is 42.3 Å². The van der Waals surface area contributed by atoms with Gasteiger partial charge in [0.15, 0.2) is 5.82 Å².